The second-order valence-electron chi connectivity index (χ2n) is 17.7. The van der Waals surface area contributed by atoms with Crippen molar-refractivity contribution < 1.29 is 55.1 Å². The quantitative estimate of drug-likeness (QED) is 0.175. The van der Waals surface area contributed by atoms with Crippen molar-refractivity contribution in [2.75, 3.05) is 6.61 Å². The Kier molecular flexibility index (Phi) is 9.57. The van der Waals surface area contributed by atoms with Crippen molar-refractivity contribution in [3.8, 4) is 0 Å². The number of ether oxygens (including phenoxy) is 2. The highest BCUT2D eigenvalue weighted by atomic mass is 16.7. The summed E-state index contributed by atoms with van der Waals surface area (Å²) in [5, 5.41) is 86.5. The summed E-state index contributed by atoms with van der Waals surface area (Å²) >= 11 is 0. The first-order valence-electron chi connectivity index (χ1n) is 17.5. The Morgan fingerprint density at radius 3 is 2.19 bits per heavy atom. The van der Waals surface area contributed by atoms with Gasteiger partial charge in [-0.1, -0.05) is 46.3 Å². The number of hydrogen-bond acceptors (Lipinski definition) is 11. The molecule has 0 amide bonds. The van der Waals surface area contributed by atoms with Crippen molar-refractivity contribution in [1.82, 2.24) is 0 Å². The number of rotatable bonds is 8. The van der Waals surface area contributed by atoms with E-state index in [-0.39, 0.29) is 35.9 Å². The van der Waals surface area contributed by atoms with Crippen molar-refractivity contribution in [3.05, 3.63) is 11.6 Å². The molecule has 0 aromatic heterocycles. The molecule has 0 radical (unpaired) electrons. The Balaban J connectivity index is 1.45. The highest BCUT2D eigenvalue weighted by Crippen LogP contribution is 2.75. The fourth-order valence-electron chi connectivity index (χ4n) is 11.1. The molecule has 0 bridgehead atoms. The van der Waals surface area contributed by atoms with E-state index >= 15 is 0 Å². The number of aliphatic hydroxyl groups excluding tert-OH is 6. The zero-order valence-corrected chi connectivity index (χ0v) is 29.4. The normalized spacial score (nSPS) is 49.3. The van der Waals surface area contributed by atoms with E-state index in [1.807, 2.05) is 13.8 Å². The Morgan fingerprint density at radius 2 is 1.60 bits per heavy atom. The zero-order chi connectivity index (χ0) is 35.3. The Hall–Kier alpha value is -0.990. The monoisotopic (exact) mass is 668 g/mol. The summed E-state index contributed by atoms with van der Waals surface area (Å²) in [5.74, 6) is -1.02. The van der Waals surface area contributed by atoms with Gasteiger partial charge in [0.05, 0.1) is 30.5 Å². The first-order valence-corrected chi connectivity index (χ1v) is 17.5. The van der Waals surface area contributed by atoms with E-state index in [0.717, 1.165) is 18.4 Å². The fourth-order valence-corrected chi connectivity index (χ4v) is 11.1. The second-order valence-corrected chi connectivity index (χ2v) is 17.7. The molecule has 0 aromatic rings. The average Bonchev–Trinajstić information content (AvgIpc) is 3.19. The van der Waals surface area contributed by atoms with Crippen molar-refractivity contribution in [2.24, 2.45) is 39.4 Å². The third-order valence-corrected chi connectivity index (χ3v) is 14.1. The van der Waals surface area contributed by atoms with Gasteiger partial charge in [0.1, 0.15) is 30.0 Å². The van der Waals surface area contributed by atoms with Gasteiger partial charge in [0.15, 0.2) is 12.1 Å². The first kappa shape index (κ1) is 37.3. The molecular weight excluding hydrogens is 608 g/mol. The number of hydrogen-bond donors (Lipinski definition) is 8. The van der Waals surface area contributed by atoms with Crippen molar-refractivity contribution in [3.63, 3.8) is 0 Å². The Morgan fingerprint density at radius 1 is 0.957 bits per heavy atom. The molecule has 8 N–H and O–H groups in total. The number of ketones is 1. The minimum absolute atomic E-state index is 0.00900. The molecule has 3 saturated carbocycles. The summed E-state index contributed by atoms with van der Waals surface area (Å²) in [5.41, 5.74) is -3.70. The number of aliphatic hydroxyl groups is 8. The lowest BCUT2D eigenvalue weighted by atomic mass is 9.38. The topological polar surface area (TPSA) is 197 Å². The molecular formula is C36H60O11. The molecule has 0 aromatic carbocycles. The van der Waals surface area contributed by atoms with Gasteiger partial charge in [-0.15, -0.1) is 0 Å². The van der Waals surface area contributed by atoms with Crippen LogP contribution in [0.2, 0.25) is 0 Å². The predicted octanol–water partition coefficient (Wildman–Crippen LogP) is 1.59. The zero-order valence-electron chi connectivity index (χ0n) is 29.4. The van der Waals surface area contributed by atoms with E-state index < -0.39 is 89.0 Å². The maximum absolute atomic E-state index is 13.5. The molecule has 1 aliphatic heterocycles. The lowest BCUT2D eigenvalue weighted by Gasteiger charge is -2.66. The number of carbonyl (C=O) groups is 1. The van der Waals surface area contributed by atoms with E-state index in [4.69, 9.17) is 9.47 Å². The number of fused-ring (bicyclic) bond motifs is 5. The van der Waals surface area contributed by atoms with Crippen LogP contribution in [0.15, 0.2) is 11.6 Å². The van der Waals surface area contributed by atoms with Crippen molar-refractivity contribution >= 4 is 5.78 Å². The molecule has 270 valence electrons. The highest BCUT2D eigenvalue weighted by molar-refractivity contribution is 5.87. The summed E-state index contributed by atoms with van der Waals surface area (Å²) in [6.45, 7) is 14.7. The molecule has 4 aliphatic carbocycles. The maximum atomic E-state index is 13.5. The molecule has 1 heterocycles. The maximum Gasteiger partial charge on any atom is 0.187 e. The molecule has 47 heavy (non-hydrogen) atoms. The van der Waals surface area contributed by atoms with Crippen LogP contribution in [-0.4, -0.2) is 113 Å². The standard InChI is InChI=1S/C36H60O11/c1-31(2,44)12-11-24(39)36(8,45)28-20(38)16-35(7)23-10-9-18-19(33(23,5)13-14-34(28,35)6)15-21(29(43)32(18,3)4)46-30-27(42)26(41)25(40)22(17-37)47-30/h9,19-23,25-30,37-38,40-45H,10-17H2,1-8H3/t19-,20+,21+,22+,23+,25+,26-,27+,28-,29+,30+,33+,34+,35-,36-/m0/s1. The lowest BCUT2D eigenvalue weighted by Crippen LogP contribution is -2.64. The fraction of sp³-hybridized carbons (Fsp3) is 0.917. The van der Waals surface area contributed by atoms with Crippen LogP contribution in [0, 0.1) is 39.4 Å². The van der Waals surface area contributed by atoms with E-state index in [0.29, 0.717) is 19.3 Å². The van der Waals surface area contributed by atoms with Crippen LogP contribution in [0.1, 0.15) is 100 Å². The SMILES string of the molecule is CC(C)(O)CCC(=O)[C@](C)(O)[C@H]1[C@H](O)C[C@@]2(C)[C@@H]3CC=C4[C@H](C[C@@H](O[C@@H]5O[C@H](CO)[C@@H](O)[C@H](O)[C@H]5O)[C@@H](O)C4(C)C)[C@@]3(C)CC[C@]12C. The van der Waals surface area contributed by atoms with Gasteiger partial charge < -0.3 is 50.3 Å². The van der Waals surface area contributed by atoms with Gasteiger partial charge in [-0.3, -0.25) is 4.79 Å². The average molecular weight is 669 g/mol. The summed E-state index contributed by atoms with van der Waals surface area (Å²) in [7, 11) is 0. The van der Waals surface area contributed by atoms with Crippen LogP contribution in [0.3, 0.4) is 0 Å². The predicted molar refractivity (Wildman–Crippen MR) is 172 cm³/mol. The molecule has 5 aliphatic rings. The molecule has 0 unspecified atom stereocenters. The second kappa shape index (κ2) is 12.1. The molecule has 1 saturated heterocycles. The van der Waals surface area contributed by atoms with Gasteiger partial charge in [-0.2, -0.15) is 0 Å². The van der Waals surface area contributed by atoms with E-state index in [9.17, 15) is 45.6 Å². The van der Waals surface area contributed by atoms with Gasteiger partial charge in [0, 0.05) is 17.8 Å². The minimum Gasteiger partial charge on any atom is -0.394 e. The third kappa shape index (κ3) is 5.69. The van der Waals surface area contributed by atoms with Crippen LogP contribution in [0.4, 0.5) is 0 Å². The lowest BCUT2D eigenvalue weighted by molar-refractivity contribution is -0.324. The summed E-state index contributed by atoms with van der Waals surface area (Å²) in [4.78, 5) is 13.5. The molecule has 11 heteroatoms. The van der Waals surface area contributed by atoms with Gasteiger partial charge in [0.25, 0.3) is 0 Å². The molecule has 11 nitrogen and oxygen atoms in total. The Labute approximate surface area is 279 Å². The van der Waals surface area contributed by atoms with Crippen LogP contribution in [0.5, 0.6) is 0 Å². The molecule has 0 spiro atoms. The first-order chi connectivity index (χ1) is 21.5. The number of carbonyl (C=O) groups excluding carboxylic acids is 1. The highest BCUT2D eigenvalue weighted by Gasteiger charge is 2.72. The van der Waals surface area contributed by atoms with E-state index in [1.165, 1.54) is 6.92 Å². The van der Waals surface area contributed by atoms with Gasteiger partial charge in [0.2, 0.25) is 0 Å². The summed E-state index contributed by atoms with van der Waals surface area (Å²) in [6.07, 6.45) is -4.43. The van der Waals surface area contributed by atoms with Crippen molar-refractivity contribution in [1.29, 1.82) is 0 Å². The Bertz CT molecular complexity index is 1220. The smallest absolute Gasteiger partial charge is 0.187 e. The van der Waals surface area contributed by atoms with E-state index in [2.05, 4.69) is 26.8 Å². The molecule has 5 rings (SSSR count). The van der Waals surface area contributed by atoms with Crippen LogP contribution >= 0.6 is 0 Å². The minimum atomic E-state index is -1.78. The number of allylic oxidation sites excluding steroid dienone is 1. The largest absolute Gasteiger partial charge is 0.394 e. The van der Waals surface area contributed by atoms with Crippen molar-refractivity contribution in [2.45, 2.75) is 161 Å². The summed E-state index contributed by atoms with van der Waals surface area (Å²) < 4.78 is 11.9. The van der Waals surface area contributed by atoms with Crippen LogP contribution < -0.4 is 0 Å². The third-order valence-electron chi connectivity index (χ3n) is 14.1. The molecule has 4 fully saturated rings. The van der Waals surface area contributed by atoms with Crippen LogP contribution in [0.25, 0.3) is 0 Å². The number of Topliss-reactive ketones (excluding diaryl/α,β-unsaturated/α-hetero) is 1. The van der Waals surface area contributed by atoms with Gasteiger partial charge in [-0.05, 0) is 87.4 Å². The molecule has 15 atom stereocenters. The van der Waals surface area contributed by atoms with Crippen LogP contribution in [-0.2, 0) is 14.3 Å². The van der Waals surface area contributed by atoms with Gasteiger partial charge in [-0.25, -0.2) is 0 Å². The van der Waals surface area contributed by atoms with E-state index in [1.54, 1.807) is 13.8 Å². The summed E-state index contributed by atoms with van der Waals surface area (Å²) in [6, 6.07) is 0. The van der Waals surface area contributed by atoms with Gasteiger partial charge >= 0.3 is 0 Å².